The van der Waals surface area contributed by atoms with Gasteiger partial charge in [0.1, 0.15) is 5.82 Å². The first-order valence-electron chi connectivity index (χ1n) is 5.76. The van der Waals surface area contributed by atoms with Gasteiger partial charge in [0.2, 0.25) is 5.95 Å². The first-order chi connectivity index (χ1) is 9.06. The van der Waals surface area contributed by atoms with Crippen molar-refractivity contribution in [2.45, 2.75) is 6.92 Å². The average molecular weight is 367 g/mol. The molecule has 1 aromatic heterocycles. The highest BCUT2D eigenvalue weighted by Gasteiger charge is 2.12. The summed E-state index contributed by atoms with van der Waals surface area (Å²) in [5.74, 6) is 0.0989. The molecule has 0 aliphatic carbocycles. The van der Waals surface area contributed by atoms with Gasteiger partial charge in [-0.05, 0) is 59.3 Å². The Kier molecular flexibility index (Phi) is 2.93. The molecule has 0 saturated carbocycles. The third-order valence-corrected chi connectivity index (χ3v) is 3.70. The summed E-state index contributed by atoms with van der Waals surface area (Å²) in [5, 5.41) is 0. The van der Waals surface area contributed by atoms with Crippen LogP contribution in [0.1, 0.15) is 5.56 Å². The van der Waals surface area contributed by atoms with Crippen LogP contribution in [0.4, 0.5) is 10.3 Å². The van der Waals surface area contributed by atoms with Crippen LogP contribution in [0.3, 0.4) is 0 Å². The summed E-state index contributed by atoms with van der Waals surface area (Å²) < 4.78 is 16.5. The SMILES string of the molecule is Cc1cc2c(cc1F)nc(N)n2-c1cccc(I)c1. The maximum atomic E-state index is 13.6. The van der Waals surface area contributed by atoms with Crippen LogP contribution in [0.15, 0.2) is 36.4 Å². The standard InChI is InChI=1S/C14H11FIN3/c1-8-5-13-12(7-11(8)15)18-14(17)19(13)10-4-2-3-9(16)6-10/h2-7H,1H3,(H2,17,18). The Labute approximate surface area is 123 Å². The molecule has 0 saturated heterocycles. The van der Waals surface area contributed by atoms with Crippen molar-refractivity contribution in [2.75, 3.05) is 5.73 Å². The van der Waals surface area contributed by atoms with Gasteiger partial charge < -0.3 is 5.73 Å². The van der Waals surface area contributed by atoms with E-state index in [9.17, 15) is 4.39 Å². The van der Waals surface area contributed by atoms with E-state index in [-0.39, 0.29) is 5.82 Å². The van der Waals surface area contributed by atoms with Gasteiger partial charge in [0.15, 0.2) is 0 Å². The molecule has 19 heavy (non-hydrogen) atoms. The van der Waals surface area contributed by atoms with Gasteiger partial charge in [0.05, 0.1) is 16.7 Å². The maximum Gasteiger partial charge on any atom is 0.205 e. The maximum absolute atomic E-state index is 13.6. The topological polar surface area (TPSA) is 43.8 Å². The van der Waals surface area contributed by atoms with Crippen LogP contribution in [-0.4, -0.2) is 9.55 Å². The second-order valence-corrected chi connectivity index (χ2v) is 5.62. The Morgan fingerprint density at radius 3 is 2.79 bits per heavy atom. The van der Waals surface area contributed by atoms with Crippen molar-refractivity contribution < 1.29 is 4.39 Å². The Hall–Kier alpha value is -1.63. The highest BCUT2D eigenvalue weighted by molar-refractivity contribution is 14.1. The van der Waals surface area contributed by atoms with Crippen molar-refractivity contribution in [1.82, 2.24) is 9.55 Å². The monoisotopic (exact) mass is 367 g/mol. The van der Waals surface area contributed by atoms with E-state index in [4.69, 9.17) is 5.73 Å². The third-order valence-electron chi connectivity index (χ3n) is 3.03. The van der Waals surface area contributed by atoms with Gasteiger partial charge in [-0.3, -0.25) is 4.57 Å². The van der Waals surface area contributed by atoms with Crippen molar-refractivity contribution >= 4 is 39.6 Å². The molecular formula is C14H11FIN3. The van der Waals surface area contributed by atoms with Crippen molar-refractivity contribution in [1.29, 1.82) is 0 Å². The van der Waals surface area contributed by atoms with E-state index in [1.807, 2.05) is 28.8 Å². The minimum Gasteiger partial charge on any atom is -0.369 e. The molecule has 0 atom stereocenters. The number of hydrogen-bond acceptors (Lipinski definition) is 2. The molecule has 2 N–H and O–H groups in total. The van der Waals surface area contributed by atoms with Crippen LogP contribution in [0, 0.1) is 16.3 Å². The van der Waals surface area contributed by atoms with Crippen molar-refractivity contribution in [3.05, 3.63) is 51.3 Å². The number of nitrogens with two attached hydrogens (primary N) is 1. The van der Waals surface area contributed by atoms with E-state index < -0.39 is 0 Å². The van der Waals surface area contributed by atoms with E-state index in [1.165, 1.54) is 6.07 Å². The molecule has 3 aromatic rings. The lowest BCUT2D eigenvalue weighted by Gasteiger charge is -2.07. The summed E-state index contributed by atoms with van der Waals surface area (Å²) in [6.07, 6.45) is 0. The summed E-state index contributed by atoms with van der Waals surface area (Å²) in [5.41, 5.74) is 8.86. The Morgan fingerprint density at radius 1 is 1.26 bits per heavy atom. The lowest BCUT2D eigenvalue weighted by atomic mass is 10.2. The van der Waals surface area contributed by atoms with Crippen molar-refractivity contribution in [2.24, 2.45) is 0 Å². The fraction of sp³-hybridized carbons (Fsp3) is 0.0714. The van der Waals surface area contributed by atoms with Gasteiger partial charge in [0, 0.05) is 9.64 Å². The molecule has 3 rings (SSSR count). The summed E-state index contributed by atoms with van der Waals surface area (Å²) in [6.45, 7) is 1.73. The highest BCUT2D eigenvalue weighted by Crippen LogP contribution is 2.26. The Bertz CT molecular complexity index is 780. The van der Waals surface area contributed by atoms with E-state index in [0.29, 0.717) is 17.0 Å². The van der Waals surface area contributed by atoms with E-state index >= 15 is 0 Å². The number of anilines is 1. The normalized spacial score (nSPS) is 11.1. The van der Waals surface area contributed by atoms with Crippen molar-refractivity contribution in [3.8, 4) is 5.69 Å². The number of aryl methyl sites for hydroxylation is 1. The smallest absolute Gasteiger partial charge is 0.205 e. The fourth-order valence-corrected chi connectivity index (χ4v) is 2.63. The predicted octanol–water partition coefficient (Wildman–Crippen LogP) is 3.66. The molecule has 1 heterocycles. The zero-order valence-electron chi connectivity index (χ0n) is 10.2. The fourth-order valence-electron chi connectivity index (χ4n) is 2.11. The van der Waals surface area contributed by atoms with Gasteiger partial charge >= 0.3 is 0 Å². The Balaban J connectivity index is 2.34. The number of nitrogens with zero attached hydrogens (tertiary/aromatic N) is 2. The average Bonchev–Trinajstić information content (AvgIpc) is 2.65. The van der Waals surface area contributed by atoms with Crippen LogP contribution in [0.25, 0.3) is 16.7 Å². The second kappa shape index (κ2) is 4.48. The van der Waals surface area contributed by atoms with E-state index in [2.05, 4.69) is 27.6 Å². The number of aromatic nitrogens is 2. The molecule has 0 fully saturated rings. The molecular weight excluding hydrogens is 356 g/mol. The quantitative estimate of drug-likeness (QED) is 0.668. The van der Waals surface area contributed by atoms with Crippen LogP contribution in [-0.2, 0) is 0 Å². The third kappa shape index (κ3) is 2.07. The summed E-state index contributed by atoms with van der Waals surface area (Å²) in [7, 11) is 0. The zero-order valence-corrected chi connectivity index (χ0v) is 12.3. The number of benzene rings is 2. The van der Waals surface area contributed by atoms with Gasteiger partial charge in [-0.25, -0.2) is 9.37 Å². The summed E-state index contributed by atoms with van der Waals surface area (Å²) in [4.78, 5) is 4.22. The van der Waals surface area contributed by atoms with Crippen LogP contribution >= 0.6 is 22.6 Å². The number of nitrogen functional groups attached to an aromatic ring is 1. The molecule has 5 heteroatoms. The number of hydrogen-bond donors (Lipinski definition) is 1. The predicted molar refractivity (Wildman–Crippen MR) is 82.9 cm³/mol. The van der Waals surface area contributed by atoms with Gasteiger partial charge in [0.25, 0.3) is 0 Å². The van der Waals surface area contributed by atoms with Gasteiger partial charge in [-0.2, -0.15) is 0 Å². The van der Waals surface area contributed by atoms with Gasteiger partial charge in [-0.15, -0.1) is 0 Å². The highest BCUT2D eigenvalue weighted by atomic mass is 127. The molecule has 0 unspecified atom stereocenters. The van der Waals surface area contributed by atoms with E-state index in [1.54, 1.807) is 13.0 Å². The number of fused-ring (bicyclic) bond motifs is 1. The summed E-state index contributed by atoms with van der Waals surface area (Å²) >= 11 is 2.24. The minimum atomic E-state index is -0.264. The molecule has 96 valence electrons. The molecule has 0 radical (unpaired) electrons. The molecule has 2 aromatic carbocycles. The second-order valence-electron chi connectivity index (χ2n) is 4.38. The molecule has 0 aliphatic heterocycles. The number of halogens is 2. The lowest BCUT2D eigenvalue weighted by molar-refractivity contribution is 0.620. The molecule has 0 amide bonds. The number of imidazole rings is 1. The molecule has 3 nitrogen and oxygen atoms in total. The summed E-state index contributed by atoms with van der Waals surface area (Å²) in [6, 6.07) is 11.1. The first-order valence-corrected chi connectivity index (χ1v) is 6.84. The Morgan fingerprint density at radius 2 is 2.05 bits per heavy atom. The van der Waals surface area contributed by atoms with Crippen LogP contribution < -0.4 is 5.73 Å². The zero-order chi connectivity index (χ0) is 13.6. The lowest BCUT2D eigenvalue weighted by Crippen LogP contribution is -2.00. The minimum absolute atomic E-state index is 0.264. The number of rotatable bonds is 1. The van der Waals surface area contributed by atoms with Crippen LogP contribution in [0.5, 0.6) is 0 Å². The largest absolute Gasteiger partial charge is 0.369 e. The van der Waals surface area contributed by atoms with Crippen LogP contribution in [0.2, 0.25) is 0 Å². The first kappa shape index (κ1) is 12.4. The van der Waals surface area contributed by atoms with E-state index in [0.717, 1.165) is 14.8 Å². The van der Waals surface area contributed by atoms with Gasteiger partial charge in [-0.1, -0.05) is 6.07 Å². The molecule has 0 spiro atoms. The molecule has 0 bridgehead atoms. The molecule has 0 aliphatic rings. The van der Waals surface area contributed by atoms with Crippen molar-refractivity contribution in [3.63, 3.8) is 0 Å².